The van der Waals surface area contributed by atoms with Crippen LogP contribution in [0.5, 0.6) is 0 Å². The lowest BCUT2D eigenvalue weighted by Gasteiger charge is -1.92. The predicted molar refractivity (Wildman–Crippen MR) is 40.2 cm³/mol. The molecule has 0 spiro atoms. The van der Waals surface area contributed by atoms with E-state index in [0.717, 1.165) is 0 Å². The van der Waals surface area contributed by atoms with Crippen molar-refractivity contribution >= 4 is 23.3 Å². The van der Waals surface area contributed by atoms with Gasteiger partial charge in [-0.25, -0.2) is 4.98 Å². The third-order valence-electron chi connectivity index (χ3n) is 1.26. The van der Waals surface area contributed by atoms with E-state index in [0.29, 0.717) is 10.8 Å². The summed E-state index contributed by atoms with van der Waals surface area (Å²) >= 11 is 5.65. The Hall–Kier alpha value is -1.36. The Labute approximate surface area is 66.8 Å². The third kappa shape index (κ3) is 0.894. The molecule has 0 radical (unpaired) electrons. The van der Waals surface area contributed by atoms with Crippen LogP contribution in [0.4, 0.5) is 5.95 Å². The first kappa shape index (κ1) is 6.36. The molecule has 0 fully saturated rings. The van der Waals surface area contributed by atoms with E-state index in [1.54, 1.807) is 6.20 Å². The second-order valence-corrected chi connectivity index (χ2v) is 2.44. The maximum absolute atomic E-state index is 5.65. The van der Waals surface area contributed by atoms with Gasteiger partial charge in [-0.05, 0) is 0 Å². The van der Waals surface area contributed by atoms with Gasteiger partial charge in [0.1, 0.15) is 0 Å². The van der Waals surface area contributed by atoms with Crippen LogP contribution in [0.3, 0.4) is 0 Å². The summed E-state index contributed by atoms with van der Waals surface area (Å²) in [6.07, 6.45) is 3.10. The molecule has 6 heteroatoms. The minimum Gasteiger partial charge on any atom is -0.368 e. The molecule has 2 rings (SSSR count). The molecular formula is C5H4ClN5. The molecule has 56 valence electrons. The van der Waals surface area contributed by atoms with Crippen molar-refractivity contribution in [3.05, 3.63) is 17.4 Å². The quantitative estimate of drug-likeness (QED) is 0.618. The Morgan fingerprint density at radius 2 is 2.27 bits per heavy atom. The number of fused-ring (bicyclic) bond motifs is 1. The highest BCUT2D eigenvalue weighted by molar-refractivity contribution is 6.30. The van der Waals surface area contributed by atoms with Gasteiger partial charge in [0.05, 0.1) is 11.2 Å². The lowest BCUT2D eigenvalue weighted by molar-refractivity contribution is 1.10. The maximum atomic E-state index is 5.65. The molecule has 2 aromatic rings. The molecule has 5 nitrogen and oxygen atoms in total. The van der Waals surface area contributed by atoms with Gasteiger partial charge in [0.25, 0.3) is 5.78 Å². The number of aromatic nitrogens is 4. The van der Waals surface area contributed by atoms with Crippen LogP contribution in [-0.2, 0) is 0 Å². The number of nitrogens with two attached hydrogens (primary N) is 1. The van der Waals surface area contributed by atoms with Crippen LogP contribution >= 0.6 is 11.6 Å². The summed E-state index contributed by atoms with van der Waals surface area (Å²) in [5, 5.41) is 7.79. The fraction of sp³-hybridized carbons (Fsp3) is 0. The minimum absolute atomic E-state index is 0.287. The third-order valence-corrected chi connectivity index (χ3v) is 1.46. The van der Waals surface area contributed by atoms with E-state index in [4.69, 9.17) is 17.3 Å². The number of rotatable bonds is 0. The van der Waals surface area contributed by atoms with E-state index in [2.05, 4.69) is 15.2 Å². The van der Waals surface area contributed by atoms with E-state index in [1.807, 2.05) is 0 Å². The number of nitrogen functional groups attached to an aromatic ring is 1. The van der Waals surface area contributed by atoms with Crippen LogP contribution < -0.4 is 5.73 Å². The van der Waals surface area contributed by atoms with E-state index in [-0.39, 0.29) is 5.95 Å². The highest BCUT2D eigenvalue weighted by Gasteiger charge is 2.00. The first-order chi connectivity index (χ1) is 5.27. The van der Waals surface area contributed by atoms with Crippen LogP contribution in [0.2, 0.25) is 5.02 Å². The van der Waals surface area contributed by atoms with Crippen molar-refractivity contribution in [1.29, 1.82) is 0 Å². The molecule has 2 aromatic heterocycles. The highest BCUT2D eigenvalue weighted by Crippen LogP contribution is 2.08. The SMILES string of the molecule is Nc1nnc2ncc(Cl)cn12. The van der Waals surface area contributed by atoms with Crippen molar-refractivity contribution in [3.8, 4) is 0 Å². The molecule has 0 aliphatic carbocycles. The number of anilines is 1. The van der Waals surface area contributed by atoms with Crippen LogP contribution in [0.15, 0.2) is 12.4 Å². The zero-order valence-electron chi connectivity index (χ0n) is 5.40. The second-order valence-electron chi connectivity index (χ2n) is 2.00. The molecule has 0 saturated carbocycles. The summed E-state index contributed by atoms with van der Waals surface area (Å²) in [5.41, 5.74) is 5.44. The molecular weight excluding hydrogens is 166 g/mol. The van der Waals surface area contributed by atoms with Crippen LogP contribution in [-0.4, -0.2) is 19.6 Å². The summed E-state index contributed by atoms with van der Waals surface area (Å²) < 4.78 is 1.52. The zero-order valence-corrected chi connectivity index (χ0v) is 6.15. The Kier molecular flexibility index (Phi) is 1.19. The molecule has 2 N–H and O–H groups in total. The molecule has 0 amide bonds. The first-order valence-corrected chi connectivity index (χ1v) is 3.27. The summed E-state index contributed by atoms with van der Waals surface area (Å²) in [5.74, 6) is 0.738. The van der Waals surface area contributed by atoms with Crippen LogP contribution in [0.25, 0.3) is 5.78 Å². The monoisotopic (exact) mass is 169 g/mol. The van der Waals surface area contributed by atoms with Crippen molar-refractivity contribution in [2.75, 3.05) is 5.73 Å². The number of hydrogen-bond donors (Lipinski definition) is 1. The van der Waals surface area contributed by atoms with Crippen LogP contribution in [0.1, 0.15) is 0 Å². The number of hydrogen-bond acceptors (Lipinski definition) is 4. The van der Waals surface area contributed by atoms with Crippen LogP contribution in [0, 0.1) is 0 Å². The Balaban J connectivity index is 2.87. The van der Waals surface area contributed by atoms with Crippen molar-refractivity contribution in [1.82, 2.24) is 19.6 Å². The Morgan fingerprint density at radius 3 is 3.09 bits per heavy atom. The van der Waals surface area contributed by atoms with E-state index >= 15 is 0 Å². The van der Waals surface area contributed by atoms with Gasteiger partial charge in [-0.15, -0.1) is 10.2 Å². The molecule has 0 aliphatic rings. The lowest BCUT2D eigenvalue weighted by atomic mass is 10.6. The summed E-state index contributed by atoms with van der Waals surface area (Å²) in [4.78, 5) is 3.88. The van der Waals surface area contributed by atoms with Gasteiger partial charge >= 0.3 is 0 Å². The van der Waals surface area contributed by atoms with Gasteiger partial charge in [-0.2, -0.15) is 0 Å². The van der Waals surface area contributed by atoms with Crippen molar-refractivity contribution in [2.24, 2.45) is 0 Å². The Bertz CT molecular complexity index is 395. The minimum atomic E-state index is 0.287. The van der Waals surface area contributed by atoms with Gasteiger partial charge < -0.3 is 5.73 Å². The second kappa shape index (κ2) is 2.06. The standard InChI is InChI=1S/C5H4ClN5/c6-3-1-8-5-10-9-4(7)11(5)2-3/h1-2H,(H2,7,9). The van der Waals surface area contributed by atoms with Gasteiger partial charge in [-0.3, -0.25) is 4.40 Å². The predicted octanol–water partition coefficient (Wildman–Crippen LogP) is 0.360. The van der Waals surface area contributed by atoms with Crippen molar-refractivity contribution in [3.63, 3.8) is 0 Å². The fourth-order valence-corrected chi connectivity index (χ4v) is 0.929. The first-order valence-electron chi connectivity index (χ1n) is 2.89. The average molecular weight is 170 g/mol. The van der Waals surface area contributed by atoms with Crippen molar-refractivity contribution < 1.29 is 0 Å². The number of nitrogens with zero attached hydrogens (tertiary/aromatic N) is 4. The molecule has 0 bridgehead atoms. The Morgan fingerprint density at radius 1 is 1.45 bits per heavy atom. The highest BCUT2D eigenvalue weighted by atomic mass is 35.5. The molecule has 0 saturated heterocycles. The molecule has 0 atom stereocenters. The largest absolute Gasteiger partial charge is 0.368 e. The molecule has 0 aromatic carbocycles. The summed E-state index contributed by atoms with van der Waals surface area (Å²) in [6, 6.07) is 0. The van der Waals surface area contributed by atoms with E-state index in [9.17, 15) is 0 Å². The lowest BCUT2D eigenvalue weighted by Crippen LogP contribution is -1.94. The van der Waals surface area contributed by atoms with Gasteiger partial charge in [-0.1, -0.05) is 11.6 Å². The zero-order chi connectivity index (χ0) is 7.84. The molecule has 0 aliphatic heterocycles. The normalized spacial score (nSPS) is 10.6. The topological polar surface area (TPSA) is 69.1 Å². The molecule has 2 heterocycles. The smallest absolute Gasteiger partial charge is 0.256 e. The van der Waals surface area contributed by atoms with Gasteiger partial charge in [0, 0.05) is 6.20 Å². The average Bonchev–Trinajstić information content (AvgIpc) is 2.33. The van der Waals surface area contributed by atoms with Crippen molar-refractivity contribution in [2.45, 2.75) is 0 Å². The molecule has 11 heavy (non-hydrogen) atoms. The van der Waals surface area contributed by atoms with Gasteiger partial charge in [0.2, 0.25) is 5.95 Å². The van der Waals surface area contributed by atoms with Gasteiger partial charge in [0.15, 0.2) is 0 Å². The molecule has 0 unspecified atom stereocenters. The summed E-state index contributed by atoms with van der Waals surface area (Å²) in [6.45, 7) is 0. The van der Waals surface area contributed by atoms with E-state index < -0.39 is 0 Å². The number of halogens is 1. The maximum Gasteiger partial charge on any atom is 0.256 e. The van der Waals surface area contributed by atoms with E-state index in [1.165, 1.54) is 10.6 Å². The summed E-state index contributed by atoms with van der Waals surface area (Å²) in [7, 11) is 0. The fourth-order valence-electron chi connectivity index (χ4n) is 0.783.